The average molecular weight is 534 g/mol. The number of benzene rings is 2. The van der Waals surface area contributed by atoms with Crippen molar-refractivity contribution in [3.05, 3.63) is 66.1 Å². The molecule has 39 heavy (non-hydrogen) atoms. The third-order valence-electron chi connectivity index (χ3n) is 6.97. The number of fused-ring (bicyclic) bond motifs is 1. The van der Waals surface area contributed by atoms with E-state index in [1.54, 1.807) is 45.0 Å². The molecular formula is C31H39N3O5. The van der Waals surface area contributed by atoms with Crippen molar-refractivity contribution in [1.29, 1.82) is 0 Å². The maximum Gasteiger partial charge on any atom is 0.418 e. The van der Waals surface area contributed by atoms with Crippen LogP contribution in [0.4, 0.5) is 9.59 Å². The third kappa shape index (κ3) is 7.91. The summed E-state index contributed by atoms with van der Waals surface area (Å²) in [6.07, 6.45) is 6.82. The molecule has 1 heterocycles. The van der Waals surface area contributed by atoms with E-state index in [1.807, 2.05) is 30.3 Å². The minimum atomic E-state index is -0.789. The largest absolute Gasteiger partial charge is 0.443 e. The van der Waals surface area contributed by atoms with Gasteiger partial charge >= 0.3 is 18.0 Å². The van der Waals surface area contributed by atoms with E-state index in [4.69, 9.17) is 9.15 Å². The van der Waals surface area contributed by atoms with Gasteiger partial charge in [-0.15, -0.1) is 0 Å². The highest BCUT2D eigenvalue weighted by Crippen LogP contribution is 2.27. The molecule has 4 amide bonds. The van der Waals surface area contributed by atoms with E-state index in [1.165, 1.54) is 6.42 Å². The molecule has 0 N–H and O–H groups in total. The van der Waals surface area contributed by atoms with Crippen LogP contribution >= 0.6 is 0 Å². The van der Waals surface area contributed by atoms with E-state index in [-0.39, 0.29) is 19.0 Å². The molecule has 0 atom stereocenters. The second-order valence-corrected chi connectivity index (χ2v) is 11.2. The molecule has 8 heteroatoms. The first kappa shape index (κ1) is 28.3. The van der Waals surface area contributed by atoms with Crippen molar-refractivity contribution in [2.45, 2.75) is 77.7 Å². The minimum absolute atomic E-state index is 0.105. The Kier molecular flexibility index (Phi) is 9.38. The van der Waals surface area contributed by atoms with Crippen molar-refractivity contribution >= 4 is 29.1 Å². The molecule has 1 aliphatic rings. The summed E-state index contributed by atoms with van der Waals surface area (Å²) in [4.78, 5) is 47.4. The summed E-state index contributed by atoms with van der Waals surface area (Å²) in [5.41, 5.74) is 1.29. The van der Waals surface area contributed by atoms with Gasteiger partial charge in [0.15, 0.2) is 5.58 Å². The molecule has 0 radical (unpaired) electrons. The molecule has 208 valence electrons. The van der Waals surface area contributed by atoms with Gasteiger partial charge in [-0.05, 0) is 63.6 Å². The number of hydrogen-bond donors (Lipinski definition) is 0. The molecule has 8 nitrogen and oxygen atoms in total. The molecule has 0 bridgehead atoms. The Morgan fingerprint density at radius 2 is 1.62 bits per heavy atom. The maximum absolute atomic E-state index is 14.0. The lowest BCUT2D eigenvalue weighted by Gasteiger charge is -2.31. The summed E-state index contributed by atoms with van der Waals surface area (Å²) in [5, 5.41) is 0. The van der Waals surface area contributed by atoms with Crippen LogP contribution in [0.1, 0.15) is 82.0 Å². The topological polar surface area (TPSA) is 93.0 Å². The summed E-state index contributed by atoms with van der Waals surface area (Å²) in [6, 6.07) is 16.2. The molecule has 4 rings (SSSR count). The van der Waals surface area contributed by atoms with E-state index in [2.05, 4.69) is 4.98 Å². The summed E-state index contributed by atoms with van der Waals surface area (Å²) >= 11 is 0. The zero-order valence-corrected chi connectivity index (χ0v) is 23.2. The molecule has 1 fully saturated rings. The number of carbonyl (C=O) groups is 3. The van der Waals surface area contributed by atoms with Gasteiger partial charge in [0.05, 0.1) is 0 Å². The molecule has 1 saturated carbocycles. The van der Waals surface area contributed by atoms with E-state index in [0.29, 0.717) is 36.3 Å². The number of hydrogen-bond acceptors (Lipinski definition) is 6. The van der Waals surface area contributed by atoms with Gasteiger partial charge in [0.25, 0.3) is 5.89 Å². The van der Waals surface area contributed by atoms with Crippen LogP contribution in [0.5, 0.6) is 0 Å². The Hall–Kier alpha value is -3.68. The zero-order valence-electron chi connectivity index (χ0n) is 23.2. The number of aryl methyl sites for hydroxylation is 1. The van der Waals surface area contributed by atoms with E-state index in [9.17, 15) is 14.4 Å². The average Bonchev–Trinajstić information content (AvgIpc) is 3.35. The monoisotopic (exact) mass is 533 g/mol. The van der Waals surface area contributed by atoms with Gasteiger partial charge in [-0.2, -0.15) is 0 Å². The summed E-state index contributed by atoms with van der Waals surface area (Å²) in [5.74, 6) is -0.410. The Morgan fingerprint density at radius 3 is 2.31 bits per heavy atom. The van der Waals surface area contributed by atoms with Crippen LogP contribution < -0.4 is 0 Å². The van der Waals surface area contributed by atoms with Crippen LogP contribution in [0.15, 0.2) is 59.0 Å². The second-order valence-electron chi connectivity index (χ2n) is 11.2. The summed E-state index contributed by atoms with van der Waals surface area (Å²) < 4.78 is 11.3. The fourth-order valence-corrected chi connectivity index (χ4v) is 4.96. The van der Waals surface area contributed by atoms with Crippen LogP contribution in [0.25, 0.3) is 11.1 Å². The highest BCUT2D eigenvalue weighted by Gasteiger charge is 2.36. The van der Waals surface area contributed by atoms with Crippen LogP contribution in [-0.4, -0.2) is 51.5 Å². The smallest absolute Gasteiger partial charge is 0.418 e. The predicted octanol–water partition coefficient (Wildman–Crippen LogP) is 7.23. The Morgan fingerprint density at radius 1 is 0.923 bits per heavy atom. The van der Waals surface area contributed by atoms with Crippen molar-refractivity contribution < 1.29 is 23.5 Å². The molecule has 2 aromatic carbocycles. The number of para-hydroxylation sites is 2. The van der Waals surface area contributed by atoms with Gasteiger partial charge < -0.3 is 9.15 Å². The number of aromatic nitrogens is 1. The fraction of sp³-hybridized carbons (Fsp3) is 0.484. The number of ether oxygens (including phenoxy) is 1. The van der Waals surface area contributed by atoms with Crippen molar-refractivity contribution in [2.24, 2.45) is 5.92 Å². The first-order valence-corrected chi connectivity index (χ1v) is 14.0. The molecule has 0 unspecified atom stereocenters. The molecule has 1 aliphatic carbocycles. The fourth-order valence-electron chi connectivity index (χ4n) is 4.96. The SMILES string of the molecule is CC(C)(C)OC(=O)N(CCC1CCCCC1)C(=O)N(CCCc1ccccc1)C(=O)c1nc2ccccc2o1. The number of urea groups is 1. The number of nitrogens with zero attached hydrogens (tertiary/aromatic N) is 3. The third-order valence-corrected chi connectivity index (χ3v) is 6.97. The molecule has 0 spiro atoms. The lowest BCUT2D eigenvalue weighted by molar-refractivity contribution is 0.0271. The summed E-state index contributed by atoms with van der Waals surface area (Å²) in [6.45, 7) is 5.57. The number of oxazole rings is 1. The zero-order chi connectivity index (χ0) is 27.8. The Balaban J connectivity index is 1.58. The van der Waals surface area contributed by atoms with E-state index < -0.39 is 23.6 Å². The van der Waals surface area contributed by atoms with Crippen molar-refractivity contribution in [1.82, 2.24) is 14.8 Å². The molecule has 0 aliphatic heterocycles. The minimum Gasteiger partial charge on any atom is -0.443 e. The van der Waals surface area contributed by atoms with Gasteiger partial charge in [-0.3, -0.25) is 9.69 Å². The van der Waals surface area contributed by atoms with Gasteiger partial charge in [0, 0.05) is 13.1 Å². The van der Waals surface area contributed by atoms with Crippen LogP contribution in [0, 0.1) is 5.92 Å². The highest BCUT2D eigenvalue weighted by atomic mass is 16.6. The van der Waals surface area contributed by atoms with Crippen molar-refractivity contribution in [2.75, 3.05) is 13.1 Å². The van der Waals surface area contributed by atoms with Crippen LogP contribution in [-0.2, 0) is 11.2 Å². The predicted molar refractivity (Wildman–Crippen MR) is 149 cm³/mol. The molecule has 1 aromatic heterocycles. The van der Waals surface area contributed by atoms with E-state index in [0.717, 1.165) is 41.0 Å². The first-order chi connectivity index (χ1) is 18.7. The van der Waals surface area contributed by atoms with Crippen LogP contribution in [0.2, 0.25) is 0 Å². The second kappa shape index (κ2) is 12.9. The van der Waals surface area contributed by atoms with Gasteiger partial charge in [-0.1, -0.05) is 74.6 Å². The maximum atomic E-state index is 14.0. The normalized spacial score (nSPS) is 14.2. The standard InChI is InChI=1S/C31H39N3O5/c1-31(2,3)39-30(37)34(22-20-24-15-8-5-9-16-24)29(36)33(21-12-17-23-13-6-4-7-14-23)28(35)27-32-25-18-10-11-19-26(25)38-27/h4,6-7,10-11,13-14,18-19,24H,5,8-9,12,15-17,20-22H2,1-3H3. The summed E-state index contributed by atoms with van der Waals surface area (Å²) in [7, 11) is 0. The van der Waals surface area contributed by atoms with Crippen molar-refractivity contribution in [3.63, 3.8) is 0 Å². The number of imide groups is 2. The molecule has 3 aromatic rings. The molecular weight excluding hydrogens is 494 g/mol. The number of carbonyl (C=O) groups excluding carboxylic acids is 3. The quantitative estimate of drug-likeness (QED) is 0.303. The number of amides is 4. The van der Waals surface area contributed by atoms with Gasteiger partial charge in [0.1, 0.15) is 11.1 Å². The lowest BCUT2D eigenvalue weighted by atomic mass is 9.87. The van der Waals surface area contributed by atoms with Crippen molar-refractivity contribution in [3.8, 4) is 0 Å². The Bertz CT molecular complexity index is 1220. The first-order valence-electron chi connectivity index (χ1n) is 14.0. The van der Waals surface area contributed by atoms with Crippen LogP contribution in [0.3, 0.4) is 0 Å². The Labute approximate surface area is 230 Å². The highest BCUT2D eigenvalue weighted by molar-refractivity contribution is 6.06. The number of rotatable bonds is 8. The lowest BCUT2D eigenvalue weighted by Crippen LogP contribution is -2.51. The van der Waals surface area contributed by atoms with E-state index >= 15 is 0 Å². The van der Waals surface area contributed by atoms with Gasteiger partial charge in [-0.25, -0.2) is 19.5 Å². The van der Waals surface area contributed by atoms with Gasteiger partial charge in [0.2, 0.25) is 0 Å². The molecule has 0 saturated heterocycles.